The summed E-state index contributed by atoms with van der Waals surface area (Å²) in [4.78, 5) is 9.22. The fraction of sp³-hybridized carbons (Fsp3) is 0.706. The van der Waals surface area contributed by atoms with Crippen LogP contribution in [-0.4, -0.2) is 91.1 Å². The monoisotopic (exact) mass is 320 g/mol. The largest absolute Gasteiger partial charge is 0.385 e. The lowest BCUT2D eigenvalue weighted by Crippen LogP contribution is -2.56. The van der Waals surface area contributed by atoms with Crippen molar-refractivity contribution in [3.63, 3.8) is 0 Å². The maximum atomic E-state index is 10.7. The molecule has 6 nitrogen and oxygen atoms in total. The van der Waals surface area contributed by atoms with Crippen molar-refractivity contribution in [3.05, 3.63) is 30.1 Å². The van der Waals surface area contributed by atoms with Crippen molar-refractivity contribution < 1.29 is 9.84 Å². The number of nitrogens with zero attached hydrogens (tertiary/aromatic N) is 3. The number of nitrogens with one attached hydrogen (secondary N) is 1. The molecule has 2 saturated heterocycles. The highest BCUT2D eigenvalue weighted by molar-refractivity contribution is 5.03. The standard InChI is InChI=1S/C17H28N4O2/c22-17(13-18-6-12-23-15-17)14-21-10-8-20(9-11-21)7-4-16-3-1-2-5-19-16/h1-3,5,18,22H,4,6-15H2/t17-/m1/s1. The van der Waals surface area contributed by atoms with Gasteiger partial charge in [0.1, 0.15) is 5.60 Å². The van der Waals surface area contributed by atoms with Crippen LogP contribution in [0.2, 0.25) is 0 Å². The van der Waals surface area contributed by atoms with Gasteiger partial charge < -0.3 is 20.1 Å². The molecule has 128 valence electrons. The predicted octanol–water partition coefficient (Wildman–Crippen LogP) is -0.407. The van der Waals surface area contributed by atoms with Crippen molar-refractivity contribution in [2.45, 2.75) is 12.0 Å². The molecule has 0 spiro atoms. The predicted molar refractivity (Wildman–Crippen MR) is 89.5 cm³/mol. The van der Waals surface area contributed by atoms with Crippen LogP contribution < -0.4 is 5.32 Å². The molecule has 2 aliphatic heterocycles. The Kier molecular flexibility index (Phi) is 5.96. The van der Waals surface area contributed by atoms with Crippen LogP contribution in [0.15, 0.2) is 24.4 Å². The van der Waals surface area contributed by atoms with Gasteiger partial charge in [-0.2, -0.15) is 0 Å². The third kappa shape index (κ3) is 5.22. The smallest absolute Gasteiger partial charge is 0.113 e. The first-order chi connectivity index (χ1) is 11.2. The SMILES string of the molecule is O[C@@]1(CN2CCN(CCc3ccccn3)CC2)CNCCOC1. The third-order valence-electron chi connectivity index (χ3n) is 4.64. The number of β-amino-alcohol motifs (C(OH)–C–C–N with tert-alkyl or cyclic N) is 1. The van der Waals surface area contributed by atoms with Crippen molar-refractivity contribution >= 4 is 0 Å². The Morgan fingerprint density at radius 2 is 2.04 bits per heavy atom. The van der Waals surface area contributed by atoms with E-state index in [4.69, 9.17) is 4.74 Å². The second-order valence-electron chi connectivity index (χ2n) is 6.64. The lowest BCUT2D eigenvalue weighted by atomic mass is 10.0. The van der Waals surface area contributed by atoms with Crippen molar-refractivity contribution in [3.8, 4) is 0 Å². The van der Waals surface area contributed by atoms with Crippen LogP contribution in [0.3, 0.4) is 0 Å². The van der Waals surface area contributed by atoms with Gasteiger partial charge in [-0.3, -0.25) is 9.88 Å². The second kappa shape index (κ2) is 8.17. The zero-order valence-corrected chi connectivity index (χ0v) is 13.8. The zero-order chi connectivity index (χ0) is 16.0. The number of aromatic nitrogens is 1. The quantitative estimate of drug-likeness (QED) is 0.769. The van der Waals surface area contributed by atoms with Crippen molar-refractivity contribution in [1.82, 2.24) is 20.1 Å². The van der Waals surface area contributed by atoms with Crippen molar-refractivity contribution in [2.75, 3.05) is 65.6 Å². The summed E-state index contributed by atoms with van der Waals surface area (Å²) in [7, 11) is 0. The highest BCUT2D eigenvalue weighted by Gasteiger charge is 2.32. The summed E-state index contributed by atoms with van der Waals surface area (Å²) in [6, 6.07) is 6.09. The Morgan fingerprint density at radius 1 is 1.22 bits per heavy atom. The number of hydrogen-bond acceptors (Lipinski definition) is 6. The fourth-order valence-corrected chi connectivity index (χ4v) is 3.29. The minimum atomic E-state index is -0.757. The molecule has 3 rings (SSSR count). The molecular formula is C17H28N4O2. The Hall–Kier alpha value is -1.05. The van der Waals surface area contributed by atoms with E-state index >= 15 is 0 Å². The van der Waals surface area contributed by atoms with E-state index in [1.165, 1.54) is 0 Å². The van der Waals surface area contributed by atoms with Crippen LogP contribution in [0.25, 0.3) is 0 Å². The minimum Gasteiger partial charge on any atom is -0.385 e. The number of pyridine rings is 1. The molecule has 23 heavy (non-hydrogen) atoms. The Morgan fingerprint density at radius 3 is 2.83 bits per heavy atom. The van der Waals surface area contributed by atoms with Gasteiger partial charge in [-0.25, -0.2) is 0 Å². The molecule has 1 aromatic heterocycles. The molecule has 0 amide bonds. The van der Waals surface area contributed by atoms with Gasteiger partial charge in [0.15, 0.2) is 0 Å². The highest BCUT2D eigenvalue weighted by atomic mass is 16.5. The van der Waals surface area contributed by atoms with E-state index in [1.54, 1.807) is 0 Å². The molecule has 6 heteroatoms. The van der Waals surface area contributed by atoms with Gasteiger partial charge >= 0.3 is 0 Å². The van der Waals surface area contributed by atoms with Crippen LogP contribution in [0, 0.1) is 0 Å². The molecule has 2 aliphatic rings. The molecule has 0 aliphatic carbocycles. The summed E-state index contributed by atoms with van der Waals surface area (Å²) in [6.45, 7) is 8.41. The van der Waals surface area contributed by atoms with Gasteiger partial charge in [-0.1, -0.05) is 6.07 Å². The van der Waals surface area contributed by atoms with Gasteiger partial charge in [0.05, 0.1) is 13.2 Å². The van der Waals surface area contributed by atoms with Gasteiger partial charge in [0, 0.05) is 70.7 Å². The van der Waals surface area contributed by atoms with Crippen molar-refractivity contribution in [2.24, 2.45) is 0 Å². The van der Waals surface area contributed by atoms with Crippen LogP contribution in [0.5, 0.6) is 0 Å². The molecule has 0 bridgehead atoms. The lowest BCUT2D eigenvalue weighted by Gasteiger charge is -2.39. The number of ether oxygens (including phenoxy) is 1. The summed E-state index contributed by atoms with van der Waals surface area (Å²) in [5.74, 6) is 0. The van der Waals surface area contributed by atoms with Crippen LogP contribution in [0.1, 0.15) is 5.69 Å². The van der Waals surface area contributed by atoms with Gasteiger partial charge in [0.2, 0.25) is 0 Å². The second-order valence-corrected chi connectivity index (χ2v) is 6.64. The first-order valence-electron chi connectivity index (χ1n) is 8.59. The van der Waals surface area contributed by atoms with E-state index in [1.807, 2.05) is 18.3 Å². The minimum absolute atomic E-state index is 0.430. The average Bonchev–Trinajstić information content (AvgIpc) is 2.80. The Balaban J connectivity index is 1.39. The number of hydrogen-bond donors (Lipinski definition) is 2. The molecule has 3 heterocycles. The summed E-state index contributed by atoms with van der Waals surface area (Å²) >= 11 is 0. The molecule has 1 aromatic rings. The molecule has 2 fully saturated rings. The Bertz CT molecular complexity index is 455. The first-order valence-corrected chi connectivity index (χ1v) is 8.59. The maximum absolute atomic E-state index is 10.7. The summed E-state index contributed by atoms with van der Waals surface area (Å²) in [5, 5.41) is 13.9. The topological polar surface area (TPSA) is 60.9 Å². The summed E-state index contributed by atoms with van der Waals surface area (Å²) < 4.78 is 5.50. The van der Waals surface area contributed by atoms with E-state index in [-0.39, 0.29) is 0 Å². The number of rotatable bonds is 5. The average molecular weight is 320 g/mol. The fourth-order valence-electron chi connectivity index (χ4n) is 3.29. The van der Waals surface area contributed by atoms with E-state index < -0.39 is 5.60 Å². The van der Waals surface area contributed by atoms with E-state index in [2.05, 4.69) is 26.2 Å². The van der Waals surface area contributed by atoms with Crippen LogP contribution in [0.4, 0.5) is 0 Å². The van der Waals surface area contributed by atoms with Crippen LogP contribution >= 0.6 is 0 Å². The molecule has 2 N–H and O–H groups in total. The van der Waals surface area contributed by atoms with Crippen molar-refractivity contribution in [1.29, 1.82) is 0 Å². The third-order valence-corrected chi connectivity index (χ3v) is 4.64. The number of piperazine rings is 1. The van der Waals surface area contributed by atoms with Gasteiger partial charge in [-0.05, 0) is 12.1 Å². The molecular weight excluding hydrogens is 292 g/mol. The normalized spacial score (nSPS) is 27.7. The summed E-state index contributed by atoms with van der Waals surface area (Å²) in [6.07, 6.45) is 2.86. The van der Waals surface area contributed by atoms with E-state index in [9.17, 15) is 5.11 Å². The van der Waals surface area contributed by atoms with E-state index in [0.29, 0.717) is 26.3 Å². The summed E-state index contributed by atoms with van der Waals surface area (Å²) in [5.41, 5.74) is 0.401. The maximum Gasteiger partial charge on any atom is 0.113 e. The first kappa shape index (κ1) is 16.8. The molecule has 0 radical (unpaired) electrons. The highest BCUT2D eigenvalue weighted by Crippen LogP contribution is 2.12. The van der Waals surface area contributed by atoms with Gasteiger partial charge in [0.25, 0.3) is 0 Å². The molecule has 0 saturated carbocycles. The lowest BCUT2D eigenvalue weighted by molar-refractivity contribution is -0.0550. The molecule has 0 unspecified atom stereocenters. The van der Waals surface area contributed by atoms with Gasteiger partial charge in [-0.15, -0.1) is 0 Å². The Labute approximate surface area is 138 Å². The van der Waals surface area contributed by atoms with E-state index in [0.717, 1.165) is 51.4 Å². The molecule has 0 aromatic carbocycles. The zero-order valence-electron chi connectivity index (χ0n) is 13.8. The number of aliphatic hydroxyl groups is 1. The molecule has 1 atom stereocenters. The van der Waals surface area contributed by atoms with Crippen LogP contribution in [-0.2, 0) is 11.2 Å².